The van der Waals surface area contributed by atoms with Crippen LogP contribution in [0.1, 0.15) is 30.4 Å². The summed E-state index contributed by atoms with van der Waals surface area (Å²) in [5.74, 6) is -0.323. The van der Waals surface area contributed by atoms with Crippen LogP contribution >= 0.6 is 0 Å². The van der Waals surface area contributed by atoms with E-state index >= 15 is 0 Å². The topological polar surface area (TPSA) is 90.3 Å². The van der Waals surface area contributed by atoms with Crippen molar-refractivity contribution in [1.29, 1.82) is 5.26 Å². The van der Waals surface area contributed by atoms with Crippen LogP contribution in [-0.4, -0.2) is 31.7 Å². The molecule has 0 unspecified atom stereocenters. The summed E-state index contributed by atoms with van der Waals surface area (Å²) in [5, 5.41) is 11.5. The van der Waals surface area contributed by atoms with Crippen molar-refractivity contribution in [3.8, 4) is 6.07 Å². The average Bonchev–Trinajstić information content (AvgIpc) is 2.73. The summed E-state index contributed by atoms with van der Waals surface area (Å²) < 4.78 is 26.8. The van der Waals surface area contributed by atoms with Gasteiger partial charge in [0.2, 0.25) is 15.9 Å². The molecule has 0 atom stereocenters. The van der Waals surface area contributed by atoms with Crippen molar-refractivity contribution in [2.45, 2.75) is 24.2 Å². The first kappa shape index (κ1) is 19.8. The van der Waals surface area contributed by atoms with Gasteiger partial charge in [0.05, 0.1) is 16.5 Å². The molecule has 0 aromatic heterocycles. The average molecular weight is 395 g/mol. The van der Waals surface area contributed by atoms with Crippen molar-refractivity contribution >= 4 is 27.7 Å². The Labute approximate surface area is 165 Å². The fourth-order valence-electron chi connectivity index (χ4n) is 2.99. The van der Waals surface area contributed by atoms with Crippen molar-refractivity contribution in [3.63, 3.8) is 0 Å². The Morgan fingerprint density at radius 1 is 1.00 bits per heavy atom. The van der Waals surface area contributed by atoms with Gasteiger partial charge >= 0.3 is 0 Å². The van der Waals surface area contributed by atoms with Gasteiger partial charge in [-0.2, -0.15) is 9.57 Å². The summed E-state index contributed by atoms with van der Waals surface area (Å²) in [6.07, 6.45) is 5.87. The third-order valence-corrected chi connectivity index (χ3v) is 6.45. The number of carbonyl (C=O) groups is 1. The number of amides is 1. The van der Waals surface area contributed by atoms with Crippen LogP contribution in [0.15, 0.2) is 59.5 Å². The van der Waals surface area contributed by atoms with Crippen molar-refractivity contribution in [3.05, 3.63) is 65.7 Å². The van der Waals surface area contributed by atoms with E-state index in [0.29, 0.717) is 24.3 Å². The van der Waals surface area contributed by atoms with Gasteiger partial charge in [-0.3, -0.25) is 4.79 Å². The van der Waals surface area contributed by atoms with Crippen molar-refractivity contribution in [2.24, 2.45) is 0 Å². The van der Waals surface area contributed by atoms with Crippen LogP contribution in [0, 0.1) is 11.3 Å². The third kappa shape index (κ3) is 4.85. The molecule has 1 heterocycles. The summed E-state index contributed by atoms with van der Waals surface area (Å²) in [6.45, 7) is 1.11. The van der Waals surface area contributed by atoms with Gasteiger partial charge in [0.15, 0.2) is 0 Å². The Kier molecular flexibility index (Phi) is 6.24. The lowest BCUT2D eigenvalue weighted by molar-refractivity contribution is -0.111. The maximum Gasteiger partial charge on any atom is 0.248 e. The Hall–Kier alpha value is -2.95. The van der Waals surface area contributed by atoms with Gasteiger partial charge in [-0.25, -0.2) is 8.42 Å². The molecule has 1 fully saturated rings. The number of hydrogen-bond acceptors (Lipinski definition) is 4. The van der Waals surface area contributed by atoms with E-state index in [1.165, 1.54) is 22.5 Å². The molecule has 2 aromatic rings. The van der Waals surface area contributed by atoms with E-state index < -0.39 is 10.0 Å². The Balaban J connectivity index is 1.62. The van der Waals surface area contributed by atoms with E-state index in [1.54, 1.807) is 42.5 Å². The monoisotopic (exact) mass is 395 g/mol. The van der Waals surface area contributed by atoms with Crippen LogP contribution in [0.2, 0.25) is 0 Å². The molecule has 1 N–H and O–H groups in total. The number of nitrogens with one attached hydrogen (secondary N) is 1. The molecule has 28 heavy (non-hydrogen) atoms. The molecular weight excluding hydrogens is 374 g/mol. The first-order chi connectivity index (χ1) is 13.5. The molecule has 0 bridgehead atoms. The fraction of sp³-hybridized carbons (Fsp3) is 0.238. The lowest BCUT2D eigenvalue weighted by Crippen LogP contribution is -2.35. The Morgan fingerprint density at radius 3 is 2.25 bits per heavy atom. The number of nitriles is 1. The first-order valence-corrected chi connectivity index (χ1v) is 10.5. The molecule has 144 valence electrons. The zero-order valence-electron chi connectivity index (χ0n) is 15.3. The number of piperidine rings is 1. The molecule has 6 nitrogen and oxygen atoms in total. The summed E-state index contributed by atoms with van der Waals surface area (Å²) in [5.41, 5.74) is 1.88. The fourth-order valence-corrected chi connectivity index (χ4v) is 4.51. The zero-order chi connectivity index (χ0) is 20.0. The van der Waals surface area contributed by atoms with Crippen molar-refractivity contribution < 1.29 is 13.2 Å². The minimum Gasteiger partial charge on any atom is -0.323 e. The van der Waals surface area contributed by atoms with Gasteiger partial charge < -0.3 is 5.32 Å². The molecular formula is C21H21N3O3S. The molecule has 3 rings (SSSR count). The second-order valence-electron chi connectivity index (χ2n) is 6.55. The second kappa shape index (κ2) is 8.83. The largest absolute Gasteiger partial charge is 0.323 e. The van der Waals surface area contributed by atoms with E-state index in [2.05, 4.69) is 5.32 Å². The SMILES string of the molecule is N#Cc1ccc(/C=C/C(=O)Nc2ccc(S(=O)(=O)N3CCCCC3)cc2)cc1. The molecule has 1 aliphatic rings. The number of rotatable bonds is 5. The number of nitrogens with zero attached hydrogens (tertiary/aromatic N) is 2. The van der Waals surface area contributed by atoms with Crippen LogP contribution in [0.25, 0.3) is 6.08 Å². The van der Waals surface area contributed by atoms with Crippen molar-refractivity contribution in [1.82, 2.24) is 4.31 Å². The van der Waals surface area contributed by atoms with Gasteiger partial charge in [-0.05, 0) is 60.9 Å². The highest BCUT2D eigenvalue weighted by molar-refractivity contribution is 7.89. The van der Waals surface area contributed by atoms with Gasteiger partial charge in [0.25, 0.3) is 0 Å². The Morgan fingerprint density at radius 2 is 1.64 bits per heavy atom. The highest BCUT2D eigenvalue weighted by Gasteiger charge is 2.25. The second-order valence-corrected chi connectivity index (χ2v) is 8.48. The smallest absolute Gasteiger partial charge is 0.248 e. The first-order valence-electron chi connectivity index (χ1n) is 9.08. The zero-order valence-corrected chi connectivity index (χ0v) is 16.2. The van der Waals surface area contributed by atoms with E-state index in [0.717, 1.165) is 24.8 Å². The lowest BCUT2D eigenvalue weighted by atomic mass is 10.1. The molecule has 1 aliphatic heterocycles. The van der Waals surface area contributed by atoms with E-state index in [1.807, 2.05) is 6.07 Å². The highest BCUT2D eigenvalue weighted by atomic mass is 32.2. The maximum atomic E-state index is 12.6. The molecule has 0 aliphatic carbocycles. The van der Waals surface area contributed by atoms with Gasteiger partial charge in [-0.15, -0.1) is 0 Å². The van der Waals surface area contributed by atoms with Gasteiger partial charge in [0.1, 0.15) is 0 Å². The van der Waals surface area contributed by atoms with E-state index in [4.69, 9.17) is 5.26 Å². The van der Waals surface area contributed by atoms with Crippen LogP contribution in [0.3, 0.4) is 0 Å². The normalized spacial score (nSPS) is 15.2. The molecule has 0 radical (unpaired) electrons. The highest BCUT2D eigenvalue weighted by Crippen LogP contribution is 2.22. The van der Waals surface area contributed by atoms with Gasteiger partial charge in [-0.1, -0.05) is 18.6 Å². The van der Waals surface area contributed by atoms with Crippen LogP contribution < -0.4 is 5.32 Å². The maximum absolute atomic E-state index is 12.6. The predicted molar refractivity (Wildman–Crippen MR) is 108 cm³/mol. The minimum atomic E-state index is -3.48. The number of hydrogen-bond donors (Lipinski definition) is 1. The molecule has 7 heteroatoms. The number of sulfonamides is 1. The predicted octanol–water partition coefficient (Wildman–Crippen LogP) is 3.38. The minimum absolute atomic E-state index is 0.237. The van der Waals surface area contributed by atoms with Crippen molar-refractivity contribution in [2.75, 3.05) is 18.4 Å². The summed E-state index contributed by atoms with van der Waals surface area (Å²) in [7, 11) is -3.48. The van der Waals surface area contributed by atoms with Crippen LogP contribution in [-0.2, 0) is 14.8 Å². The lowest BCUT2D eigenvalue weighted by Gasteiger charge is -2.25. The molecule has 0 spiro atoms. The molecule has 2 aromatic carbocycles. The number of carbonyl (C=O) groups excluding carboxylic acids is 1. The number of benzene rings is 2. The third-order valence-electron chi connectivity index (χ3n) is 4.54. The molecule has 1 saturated heterocycles. The van der Waals surface area contributed by atoms with Crippen LogP contribution in [0.5, 0.6) is 0 Å². The quantitative estimate of drug-likeness (QED) is 0.786. The standard InChI is InChI=1S/C21H21N3O3S/c22-16-18-6-4-17(5-7-18)8-13-21(25)23-19-9-11-20(12-10-19)28(26,27)24-14-2-1-3-15-24/h4-13H,1-3,14-15H2,(H,23,25)/b13-8+. The summed E-state index contributed by atoms with van der Waals surface area (Å²) in [4.78, 5) is 12.3. The molecule has 0 saturated carbocycles. The summed E-state index contributed by atoms with van der Waals surface area (Å²) >= 11 is 0. The molecule has 1 amide bonds. The number of anilines is 1. The van der Waals surface area contributed by atoms with Crippen LogP contribution in [0.4, 0.5) is 5.69 Å². The van der Waals surface area contributed by atoms with E-state index in [-0.39, 0.29) is 10.8 Å². The van der Waals surface area contributed by atoms with Gasteiger partial charge in [0, 0.05) is 24.9 Å². The van der Waals surface area contributed by atoms with E-state index in [9.17, 15) is 13.2 Å². The summed E-state index contributed by atoms with van der Waals surface area (Å²) in [6, 6.07) is 15.1. The Bertz CT molecular complexity index is 998.